The second kappa shape index (κ2) is 4.04. The number of hydrogen-bond acceptors (Lipinski definition) is 5. The molecule has 3 heterocycles. The third-order valence-electron chi connectivity index (χ3n) is 3.43. The van der Waals surface area contributed by atoms with Crippen LogP contribution < -0.4 is 0 Å². The van der Waals surface area contributed by atoms with E-state index in [1.54, 1.807) is 0 Å². The smallest absolute Gasteiger partial charge is 0.164 e. The molecule has 0 N–H and O–H groups in total. The van der Waals surface area contributed by atoms with Crippen molar-refractivity contribution in [2.75, 3.05) is 6.61 Å². The largest absolute Gasteiger partial charge is 0.351 e. The van der Waals surface area contributed by atoms with Crippen LogP contribution in [0.25, 0.3) is 0 Å². The zero-order chi connectivity index (χ0) is 13.1. The second-order valence-corrected chi connectivity index (χ2v) is 6.31. The molecule has 3 aliphatic heterocycles. The van der Waals surface area contributed by atoms with Crippen molar-refractivity contribution in [3.8, 4) is 0 Å². The van der Waals surface area contributed by atoms with Crippen molar-refractivity contribution >= 4 is 11.6 Å². The van der Waals surface area contributed by atoms with E-state index in [1.807, 2.05) is 27.7 Å². The summed E-state index contributed by atoms with van der Waals surface area (Å²) in [5.41, 5.74) is -0.505. The van der Waals surface area contributed by atoms with Crippen molar-refractivity contribution in [3.63, 3.8) is 0 Å². The quantitative estimate of drug-likeness (QED) is 0.682. The Labute approximate surface area is 112 Å². The van der Waals surface area contributed by atoms with Gasteiger partial charge in [0.05, 0.1) is 6.61 Å². The predicted molar refractivity (Wildman–Crippen MR) is 63.2 cm³/mol. The molecule has 0 radical (unpaired) electrons. The zero-order valence-corrected chi connectivity index (χ0v) is 11.8. The molecule has 0 spiro atoms. The molecule has 5 nitrogen and oxygen atoms in total. The van der Waals surface area contributed by atoms with Crippen molar-refractivity contribution in [3.05, 3.63) is 0 Å². The molecular formula is C12H19ClO5. The lowest BCUT2D eigenvalue weighted by Crippen LogP contribution is -2.40. The number of alkyl halides is 1. The molecule has 0 aromatic heterocycles. The fourth-order valence-electron chi connectivity index (χ4n) is 2.76. The molecule has 0 amide bonds. The van der Waals surface area contributed by atoms with Crippen LogP contribution in [0, 0.1) is 0 Å². The van der Waals surface area contributed by atoms with E-state index >= 15 is 0 Å². The van der Waals surface area contributed by atoms with Crippen LogP contribution in [0.2, 0.25) is 0 Å². The summed E-state index contributed by atoms with van der Waals surface area (Å²) in [4.78, 5) is 0. The number of hydrogen-bond donors (Lipinski definition) is 0. The Hall–Kier alpha value is 0.0900. The molecule has 0 saturated carbocycles. The van der Waals surface area contributed by atoms with Crippen molar-refractivity contribution in [2.24, 2.45) is 0 Å². The standard InChI is InChI=1S/C12H19ClO5/c1-11(2)14-5-6(16-11)7-8-9(10(13)15-7)18-12(3,4)17-8/h6-10H,5H2,1-4H3/t6-,7-,8+,9+,10-/m1/s1. The maximum absolute atomic E-state index is 6.16. The molecule has 0 aromatic carbocycles. The van der Waals surface area contributed by atoms with Crippen LogP contribution in [0.15, 0.2) is 0 Å². The first-order valence-corrected chi connectivity index (χ1v) is 6.68. The molecule has 3 aliphatic rings. The van der Waals surface area contributed by atoms with Gasteiger partial charge in [-0.15, -0.1) is 0 Å². The molecule has 6 heteroatoms. The van der Waals surface area contributed by atoms with Gasteiger partial charge in [0, 0.05) is 0 Å². The minimum Gasteiger partial charge on any atom is -0.351 e. The molecular weight excluding hydrogens is 260 g/mol. The van der Waals surface area contributed by atoms with Crippen molar-refractivity contribution in [1.29, 1.82) is 0 Å². The fourth-order valence-corrected chi connectivity index (χ4v) is 3.07. The SMILES string of the molecule is CC1(C)O[C@@H]2[C@H](O1)[C@H](Cl)O[C@@H]2[C@H]1COC(C)(C)O1. The highest BCUT2D eigenvalue weighted by Gasteiger charge is 2.58. The lowest BCUT2D eigenvalue weighted by Gasteiger charge is -2.26. The summed E-state index contributed by atoms with van der Waals surface area (Å²) in [5.74, 6) is -1.21. The molecule has 3 fully saturated rings. The van der Waals surface area contributed by atoms with Gasteiger partial charge in [0.1, 0.15) is 24.4 Å². The molecule has 0 aliphatic carbocycles. The minimum atomic E-state index is -0.626. The van der Waals surface area contributed by atoms with Gasteiger partial charge in [0.2, 0.25) is 0 Å². The second-order valence-electron chi connectivity index (χ2n) is 5.88. The first-order valence-electron chi connectivity index (χ1n) is 6.24. The summed E-state index contributed by atoms with van der Waals surface area (Å²) >= 11 is 6.16. The summed E-state index contributed by atoms with van der Waals surface area (Å²) in [5, 5.41) is 0. The Morgan fingerprint density at radius 2 is 1.56 bits per heavy atom. The highest BCUT2D eigenvalue weighted by Crippen LogP contribution is 2.43. The van der Waals surface area contributed by atoms with E-state index in [9.17, 15) is 0 Å². The summed E-state index contributed by atoms with van der Waals surface area (Å²) in [6.45, 7) is 8.00. The predicted octanol–water partition coefficient (Wildman–Crippen LogP) is 1.62. The first-order chi connectivity index (χ1) is 8.27. The van der Waals surface area contributed by atoms with Crippen LogP contribution in [-0.4, -0.2) is 48.2 Å². The highest BCUT2D eigenvalue weighted by molar-refractivity contribution is 6.20. The monoisotopic (exact) mass is 278 g/mol. The fraction of sp³-hybridized carbons (Fsp3) is 1.00. The Morgan fingerprint density at radius 1 is 0.889 bits per heavy atom. The Bertz CT molecular complexity index is 345. The number of halogens is 1. The van der Waals surface area contributed by atoms with E-state index in [4.69, 9.17) is 35.3 Å². The van der Waals surface area contributed by atoms with E-state index in [0.717, 1.165) is 0 Å². The average molecular weight is 279 g/mol. The van der Waals surface area contributed by atoms with Crippen LogP contribution in [0.5, 0.6) is 0 Å². The Kier molecular flexibility index (Phi) is 2.94. The Balaban J connectivity index is 1.75. The van der Waals surface area contributed by atoms with E-state index in [0.29, 0.717) is 6.61 Å². The van der Waals surface area contributed by atoms with Gasteiger partial charge < -0.3 is 23.7 Å². The van der Waals surface area contributed by atoms with Gasteiger partial charge in [-0.1, -0.05) is 11.6 Å². The minimum absolute atomic E-state index is 0.172. The molecule has 5 atom stereocenters. The van der Waals surface area contributed by atoms with E-state index in [1.165, 1.54) is 0 Å². The zero-order valence-electron chi connectivity index (χ0n) is 11.0. The van der Waals surface area contributed by atoms with Crippen LogP contribution in [0.4, 0.5) is 0 Å². The van der Waals surface area contributed by atoms with Crippen molar-refractivity contribution in [2.45, 2.75) is 69.2 Å². The van der Waals surface area contributed by atoms with Crippen molar-refractivity contribution < 1.29 is 23.7 Å². The third-order valence-corrected chi connectivity index (χ3v) is 3.78. The lowest BCUT2D eigenvalue weighted by molar-refractivity contribution is -0.199. The van der Waals surface area contributed by atoms with E-state index in [-0.39, 0.29) is 24.4 Å². The molecule has 0 unspecified atom stereocenters. The normalized spacial score (nSPS) is 49.5. The van der Waals surface area contributed by atoms with Crippen LogP contribution in [0.3, 0.4) is 0 Å². The lowest BCUT2D eigenvalue weighted by atomic mass is 10.1. The molecule has 3 saturated heterocycles. The van der Waals surface area contributed by atoms with Gasteiger partial charge >= 0.3 is 0 Å². The molecule has 0 aromatic rings. The van der Waals surface area contributed by atoms with Gasteiger partial charge in [-0.25, -0.2) is 0 Å². The number of ether oxygens (including phenoxy) is 5. The third kappa shape index (κ3) is 2.17. The summed E-state index contributed by atoms with van der Waals surface area (Å²) < 4.78 is 28.7. The maximum Gasteiger partial charge on any atom is 0.164 e. The van der Waals surface area contributed by atoms with Crippen LogP contribution >= 0.6 is 11.6 Å². The Morgan fingerprint density at radius 3 is 2.17 bits per heavy atom. The first kappa shape index (κ1) is 13.1. The number of fused-ring (bicyclic) bond motifs is 1. The summed E-state index contributed by atoms with van der Waals surface area (Å²) in [6, 6.07) is 0. The molecule has 18 heavy (non-hydrogen) atoms. The average Bonchev–Trinajstić information content (AvgIpc) is 2.81. The highest BCUT2D eigenvalue weighted by atomic mass is 35.5. The van der Waals surface area contributed by atoms with Crippen LogP contribution in [0.1, 0.15) is 27.7 Å². The molecule has 3 rings (SSSR count). The maximum atomic E-state index is 6.16. The molecule has 104 valence electrons. The topological polar surface area (TPSA) is 46.2 Å². The summed E-state index contributed by atoms with van der Waals surface area (Å²) in [7, 11) is 0. The van der Waals surface area contributed by atoms with Gasteiger partial charge in [-0.05, 0) is 27.7 Å². The summed E-state index contributed by atoms with van der Waals surface area (Å²) in [6.07, 6.45) is -0.876. The van der Waals surface area contributed by atoms with E-state index < -0.39 is 17.1 Å². The van der Waals surface area contributed by atoms with Gasteiger partial charge in [-0.3, -0.25) is 0 Å². The van der Waals surface area contributed by atoms with Gasteiger partial charge in [0.15, 0.2) is 17.1 Å². The van der Waals surface area contributed by atoms with E-state index in [2.05, 4.69) is 0 Å². The van der Waals surface area contributed by atoms with Gasteiger partial charge in [-0.2, -0.15) is 0 Å². The van der Waals surface area contributed by atoms with Gasteiger partial charge in [0.25, 0.3) is 0 Å². The number of rotatable bonds is 1. The van der Waals surface area contributed by atoms with Crippen LogP contribution in [-0.2, 0) is 23.7 Å². The molecule has 0 bridgehead atoms. The van der Waals surface area contributed by atoms with Crippen molar-refractivity contribution in [1.82, 2.24) is 0 Å².